The van der Waals surface area contributed by atoms with Gasteiger partial charge in [0.1, 0.15) is 11.5 Å². The van der Waals surface area contributed by atoms with E-state index < -0.39 is 6.04 Å². The molecule has 0 bridgehead atoms. The van der Waals surface area contributed by atoms with Crippen LogP contribution in [0.4, 0.5) is 0 Å². The fourth-order valence-corrected chi connectivity index (χ4v) is 2.62. The van der Waals surface area contributed by atoms with Crippen LogP contribution in [0.3, 0.4) is 0 Å². The van der Waals surface area contributed by atoms with Crippen molar-refractivity contribution in [3.05, 3.63) is 59.7 Å². The van der Waals surface area contributed by atoms with Crippen LogP contribution in [-0.2, 0) is 14.3 Å². The van der Waals surface area contributed by atoms with E-state index in [1.165, 1.54) is 0 Å². The van der Waals surface area contributed by atoms with E-state index in [1.54, 1.807) is 6.92 Å². The molecule has 28 heavy (non-hydrogen) atoms. The van der Waals surface area contributed by atoms with E-state index in [-0.39, 0.29) is 24.9 Å². The molecule has 2 aromatic rings. The number of hydrogen-bond acceptors (Lipinski definition) is 5. The molecule has 2 aromatic carbocycles. The molecule has 1 N–H and O–H groups in total. The molecule has 6 nitrogen and oxygen atoms in total. The summed E-state index contributed by atoms with van der Waals surface area (Å²) in [6.45, 7) is 6.36. The average molecular weight is 385 g/mol. The Morgan fingerprint density at radius 2 is 1.50 bits per heavy atom. The number of carbonyl (C=O) groups excluding carboxylic acids is 2. The number of nitrogens with one attached hydrogen (secondary N) is 1. The monoisotopic (exact) mass is 385 g/mol. The molecule has 0 fully saturated rings. The van der Waals surface area contributed by atoms with Gasteiger partial charge in [0.25, 0.3) is 5.91 Å². The summed E-state index contributed by atoms with van der Waals surface area (Å²) in [5.74, 6) is 0.656. The predicted molar refractivity (Wildman–Crippen MR) is 106 cm³/mol. The lowest BCUT2D eigenvalue weighted by Crippen LogP contribution is -2.34. The van der Waals surface area contributed by atoms with Crippen LogP contribution in [0.25, 0.3) is 0 Å². The fourth-order valence-electron chi connectivity index (χ4n) is 2.62. The van der Waals surface area contributed by atoms with Crippen LogP contribution in [0, 0.1) is 6.92 Å². The summed E-state index contributed by atoms with van der Waals surface area (Å²) < 4.78 is 16.0. The number of rotatable bonds is 10. The number of amides is 1. The van der Waals surface area contributed by atoms with Crippen LogP contribution < -0.4 is 14.8 Å². The summed E-state index contributed by atoms with van der Waals surface area (Å²) >= 11 is 0. The predicted octanol–water partition coefficient (Wildman–Crippen LogP) is 3.58. The third-order valence-electron chi connectivity index (χ3n) is 4.00. The van der Waals surface area contributed by atoms with Crippen LogP contribution in [-0.4, -0.2) is 31.7 Å². The van der Waals surface area contributed by atoms with Gasteiger partial charge in [-0.05, 0) is 50.6 Å². The molecule has 0 aliphatic carbocycles. The van der Waals surface area contributed by atoms with Gasteiger partial charge in [-0.25, -0.2) is 0 Å². The third-order valence-corrected chi connectivity index (χ3v) is 4.00. The Kier molecular flexibility index (Phi) is 8.34. The van der Waals surface area contributed by atoms with Gasteiger partial charge in [0.2, 0.25) is 0 Å². The van der Waals surface area contributed by atoms with Crippen LogP contribution in [0.2, 0.25) is 0 Å². The Labute approximate surface area is 165 Å². The highest BCUT2D eigenvalue weighted by Crippen LogP contribution is 2.21. The quantitative estimate of drug-likeness (QED) is 0.633. The fraction of sp³-hybridized carbons (Fsp3) is 0.364. The zero-order valence-electron chi connectivity index (χ0n) is 16.6. The van der Waals surface area contributed by atoms with Gasteiger partial charge in [0, 0.05) is 0 Å². The van der Waals surface area contributed by atoms with Crippen molar-refractivity contribution < 1.29 is 23.8 Å². The Bertz CT molecular complexity index is 756. The second-order valence-corrected chi connectivity index (χ2v) is 6.23. The van der Waals surface area contributed by atoms with E-state index in [1.807, 2.05) is 62.4 Å². The van der Waals surface area contributed by atoms with Gasteiger partial charge in [0.15, 0.2) is 6.61 Å². The molecular weight excluding hydrogens is 358 g/mol. The average Bonchev–Trinajstić information content (AvgIpc) is 2.68. The molecule has 1 amide bonds. The largest absolute Gasteiger partial charge is 0.494 e. The second-order valence-electron chi connectivity index (χ2n) is 6.23. The van der Waals surface area contributed by atoms with Gasteiger partial charge in [-0.15, -0.1) is 0 Å². The number of aryl methyl sites for hydroxylation is 1. The minimum atomic E-state index is -0.510. The van der Waals surface area contributed by atoms with Crippen LogP contribution >= 0.6 is 0 Å². The van der Waals surface area contributed by atoms with Crippen LogP contribution in [0.1, 0.15) is 37.4 Å². The topological polar surface area (TPSA) is 73.9 Å². The van der Waals surface area contributed by atoms with Crippen molar-refractivity contribution in [2.24, 2.45) is 0 Å². The minimum Gasteiger partial charge on any atom is -0.494 e. The highest BCUT2D eigenvalue weighted by Gasteiger charge is 2.19. The van der Waals surface area contributed by atoms with Crippen LogP contribution in [0.15, 0.2) is 48.5 Å². The highest BCUT2D eigenvalue weighted by atomic mass is 16.5. The molecule has 1 unspecified atom stereocenters. The first kappa shape index (κ1) is 21.3. The van der Waals surface area contributed by atoms with Crippen molar-refractivity contribution in [2.75, 3.05) is 19.8 Å². The molecule has 0 aliphatic rings. The Morgan fingerprint density at radius 3 is 2.11 bits per heavy atom. The summed E-state index contributed by atoms with van der Waals surface area (Å²) in [4.78, 5) is 24.3. The summed E-state index contributed by atoms with van der Waals surface area (Å²) in [5, 5.41) is 2.85. The van der Waals surface area contributed by atoms with Gasteiger partial charge < -0.3 is 19.5 Å². The first-order valence-electron chi connectivity index (χ1n) is 9.39. The first-order valence-corrected chi connectivity index (χ1v) is 9.39. The lowest BCUT2D eigenvalue weighted by molar-refractivity contribution is -0.143. The lowest BCUT2D eigenvalue weighted by atomic mass is 10.0. The molecule has 6 heteroatoms. The smallest absolute Gasteiger partial charge is 0.308 e. The molecule has 0 aromatic heterocycles. The zero-order chi connectivity index (χ0) is 20.4. The molecule has 0 radical (unpaired) electrons. The van der Waals surface area contributed by atoms with Crippen molar-refractivity contribution in [1.82, 2.24) is 5.32 Å². The van der Waals surface area contributed by atoms with Gasteiger partial charge in [-0.3, -0.25) is 9.59 Å². The number of ether oxygens (including phenoxy) is 3. The van der Waals surface area contributed by atoms with Gasteiger partial charge in [0.05, 0.1) is 25.7 Å². The van der Waals surface area contributed by atoms with Crippen molar-refractivity contribution in [3.63, 3.8) is 0 Å². The maximum Gasteiger partial charge on any atom is 0.308 e. The third kappa shape index (κ3) is 6.95. The minimum absolute atomic E-state index is 0.0398. The summed E-state index contributed by atoms with van der Waals surface area (Å²) in [6, 6.07) is 14.2. The van der Waals surface area contributed by atoms with E-state index in [9.17, 15) is 9.59 Å². The van der Waals surface area contributed by atoms with Gasteiger partial charge in [-0.2, -0.15) is 0 Å². The standard InChI is InChI=1S/C22H27NO5/c1-4-26-18-12-8-17(9-13-18)20(14-22(25)27-5-2)23-21(24)15-28-19-10-6-16(3)7-11-19/h6-13,20H,4-5,14-15H2,1-3H3,(H,23,24). The van der Waals surface area contributed by atoms with E-state index in [0.717, 1.165) is 16.9 Å². The molecule has 0 saturated carbocycles. The molecule has 0 saturated heterocycles. The van der Waals surface area contributed by atoms with Crippen molar-refractivity contribution in [1.29, 1.82) is 0 Å². The molecule has 0 spiro atoms. The molecule has 0 aliphatic heterocycles. The van der Waals surface area contributed by atoms with Crippen molar-refractivity contribution in [3.8, 4) is 11.5 Å². The molecule has 1 atom stereocenters. The van der Waals surface area contributed by atoms with Gasteiger partial charge in [-0.1, -0.05) is 29.8 Å². The number of hydrogen-bond donors (Lipinski definition) is 1. The normalized spacial score (nSPS) is 11.4. The second kappa shape index (κ2) is 11.0. The Balaban J connectivity index is 2.02. The van der Waals surface area contributed by atoms with E-state index in [4.69, 9.17) is 14.2 Å². The Hall–Kier alpha value is -3.02. The van der Waals surface area contributed by atoms with Crippen molar-refractivity contribution in [2.45, 2.75) is 33.2 Å². The van der Waals surface area contributed by atoms with Gasteiger partial charge >= 0.3 is 5.97 Å². The van der Waals surface area contributed by atoms with Crippen molar-refractivity contribution >= 4 is 11.9 Å². The summed E-state index contributed by atoms with van der Waals surface area (Å²) in [5.41, 5.74) is 1.90. The Morgan fingerprint density at radius 1 is 0.893 bits per heavy atom. The van der Waals surface area contributed by atoms with E-state index in [2.05, 4.69) is 5.32 Å². The summed E-state index contributed by atoms with van der Waals surface area (Å²) in [6.07, 6.45) is 0.0398. The molecule has 150 valence electrons. The lowest BCUT2D eigenvalue weighted by Gasteiger charge is -2.19. The maximum atomic E-state index is 12.4. The zero-order valence-corrected chi connectivity index (χ0v) is 16.6. The number of esters is 1. The SMILES string of the molecule is CCOC(=O)CC(NC(=O)COc1ccc(C)cc1)c1ccc(OCC)cc1. The number of carbonyl (C=O) groups is 2. The number of benzene rings is 2. The highest BCUT2D eigenvalue weighted by molar-refractivity contribution is 5.79. The van der Waals surface area contributed by atoms with Crippen LogP contribution in [0.5, 0.6) is 11.5 Å². The maximum absolute atomic E-state index is 12.4. The molecule has 2 rings (SSSR count). The molecule has 0 heterocycles. The first-order chi connectivity index (χ1) is 13.5. The molecular formula is C22H27NO5. The van der Waals surface area contributed by atoms with E-state index >= 15 is 0 Å². The summed E-state index contributed by atoms with van der Waals surface area (Å²) in [7, 11) is 0. The van der Waals surface area contributed by atoms with E-state index in [0.29, 0.717) is 19.0 Å².